The van der Waals surface area contributed by atoms with E-state index in [1.807, 2.05) is 0 Å². The van der Waals surface area contributed by atoms with E-state index in [-0.39, 0.29) is 30.0 Å². The first kappa shape index (κ1) is 25.1. The van der Waals surface area contributed by atoms with Crippen LogP contribution in [0.4, 0.5) is 11.4 Å². The fraction of sp³-hybridized carbons (Fsp3) is 0.125. The molecule has 3 aromatic carbocycles. The van der Waals surface area contributed by atoms with Crippen LogP contribution < -0.4 is 5.32 Å². The van der Waals surface area contributed by atoms with Gasteiger partial charge in [0.1, 0.15) is 0 Å². The molecule has 3 rings (SSSR count). The number of esters is 1. The highest BCUT2D eigenvalue weighted by molar-refractivity contribution is 9.10. The number of ether oxygens (including phenoxy) is 1. The molecule has 1 atom stereocenters. The van der Waals surface area contributed by atoms with Crippen molar-refractivity contribution in [1.29, 1.82) is 0 Å². The largest absolute Gasteiger partial charge is 0.447 e. The van der Waals surface area contributed by atoms with Gasteiger partial charge in [0.25, 0.3) is 11.6 Å². The minimum atomic E-state index is -1.29. The monoisotopic (exact) mass is 544 g/mol. The summed E-state index contributed by atoms with van der Waals surface area (Å²) in [7, 11) is 0. The van der Waals surface area contributed by atoms with Crippen LogP contribution in [0.25, 0.3) is 0 Å². The molecule has 0 aromatic heterocycles. The van der Waals surface area contributed by atoms with Gasteiger partial charge in [-0.15, -0.1) is 0 Å². The number of anilines is 1. The van der Waals surface area contributed by atoms with E-state index in [0.717, 1.165) is 0 Å². The molecule has 0 radical (unpaired) electrons. The first-order chi connectivity index (χ1) is 16.2. The van der Waals surface area contributed by atoms with Gasteiger partial charge in [-0.2, -0.15) is 0 Å². The van der Waals surface area contributed by atoms with E-state index < -0.39 is 22.9 Å². The van der Waals surface area contributed by atoms with E-state index in [9.17, 15) is 24.5 Å². The van der Waals surface area contributed by atoms with Crippen molar-refractivity contribution in [3.05, 3.63) is 104 Å². The van der Waals surface area contributed by atoms with Gasteiger partial charge in [0.2, 0.25) is 6.10 Å². The highest BCUT2D eigenvalue weighted by atomic mass is 79.9. The molecule has 0 saturated carbocycles. The number of benzene rings is 3. The Balaban J connectivity index is 1.70. The summed E-state index contributed by atoms with van der Waals surface area (Å²) in [6.07, 6.45) is -1.61. The number of nitrogens with one attached hydrogen (secondary N) is 1. The lowest BCUT2D eigenvalue weighted by atomic mass is 10.1. The van der Waals surface area contributed by atoms with Crippen LogP contribution in [0.2, 0.25) is 5.02 Å². The molecule has 8 nitrogen and oxygen atoms in total. The van der Waals surface area contributed by atoms with Crippen molar-refractivity contribution in [2.75, 3.05) is 5.32 Å². The summed E-state index contributed by atoms with van der Waals surface area (Å²) in [6, 6.07) is 18.5. The molecular weight excluding hydrogens is 528 g/mol. The molecule has 0 bridgehead atoms. The Labute approximate surface area is 208 Å². The maximum atomic E-state index is 13.0. The molecule has 1 N–H and O–H groups in total. The third kappa shape index (κ3) is 6.72. The van der Waals surface area contributed by atoms with E-state index in [2.05, 4.69) is 21.2 Å². The second kappa shape index (κ2) is 11.5. The second-order valence-electron chi connectivity index (χ2n) is 7.12. The zero-order valence-corrected chi connectivity index (χ0v) is 19.9. The number of amides is 1. The SMILES string of the molecule is O=C(CCC(=O)c1ccc(Cl)cc1)OC(C(=O)Nc1ccc([N+](=O)[O-])cc1Br)c1ccccc1. The molecular formula is C24H18BrClN2O6. The molecule has 174 valence electrons. The normalized spacial score (nSPS) is 11.4. The number of carbonyl (C=O) groups excluding carboxylic acids is 3. The highest BCUT2D eigenvalue weighted by Gasteiger charge is 2.26. The van der Waals surface area contributed by atoms with Crippen molar-refractivity contribution in [3.8, 4) is 0 Å². The number of rotatable bonds is 9. The number of hydrogen-bond acceptors (Lipinski definition) is 6. The van der Waals surface area contributed by atoms with Crippen LogP contribution in [0.3, 0.4) is 0 Å². The van der Waals surface area contributed by atoms with Gasteiger partial charge in [-0.25, -0.2) is 0 Å². The molecule has 0 aliphatic carbocycles. The molecule has 0 heterocycles. The quantitative estimate of drug-likeness (QED) is 0.155. The van der Waals surface area contributed by atoms with Gasteiger partial charge in [-0.3, -0.25) is 24.5 Å². The predicted molar refractivity (Wildman–Crippen MR) is 130 cm³/mol. The number of nitro groups is 1. The standard InChI is InChI=1S/C24H18BrClN2O6/c25-19-14-18(28(32)33)10-11-20(19)27-24(31)23(16-4-2-1-3-5-16)34-22(30)13-12-21(29)15-6-8-17(26)9-7-15/h1-11,14,23H,12-13H2,(H,27,31). The first-order valence-corrected chi connectivity index (χ1v) is 11.2. The van der Waals surface area contributed by atoms with Crippen LogP contribution in [0.5, 0.6) is 0 Å². The number of halogens is 2. The molecule has 0 spiro atoms. The molecule has 1 unspecified atom stereocenters. The number of hydrogen-bond donors (Lipinski definition) is 1. The lowest BCUT2D eigenvalue weighted by molar-refractivity contribution is -0.384. The van der Waals surface area contributed by atoms with Crippen molar-refractivity contribution in [2.24, 2.45) is 0 Å². The second-order valence-corrected chi connectivity index (χ2v) is 8.41. The number of Topliss-reactive ketones (excluding diaryl/α,β-unsaturated/α-hetero) is 1. The smallest absolute Gasteiger partial charge is 0.307 e. The molecule has 1 amide bonds. The molecule has 0 aliphatic heterocycles. The van der Waals surface area contributed by atoms with Gasteiger partial charge in [0.05, 0.1) is 17.0 Å². The number of ketones is 1. The van der Waals surface area contributed by atoms with Gasteiger partial charge in [-0.05, 0) is 46.3 Å². The summed E-state index contributed by atoms with van der Waals surface area (Å²) in [4.78, 5) is 48.2. The Morgan fingerprint density at radius 3 is 2.29 bits per heavy atom. The summed E-state index contributed by atoms with van der Waals surface area (Å²) in [5.74, 6) is -1.64. The fourth-order valence-corrected chi connectivity index (χ4v) is 3.60. The maximum Gasteiger partial charge on any atom is 0.307 e. The Morgan fingerprint density at radius 1 is 1.00 bits per heavy atom. The maximum absolute atomic E-state index is 13.0. The number of nitrogens with zero attached hydrogens (tertiary/aromatic N) is 1. The molecule has 0 saturated heterocycles. The van der Waals surface area contributed by atoms with E-state index in [1.165, 1.54) is 18.2 Å². The minimum Gasteiger partial charge on any atom is -0.447 e. The third-order valence-corrected chi connectivity index (χ3v) is 5.64. The topological polar surface area (TPSA) is 116 Å². The number of non-ortho nitro benzene ring substituents is 1. The number of nitro benzene ring substituents is 1. The van der Waals surface area contributed by atoms with Gasteiger partial charge >= 0.3 is 5.97 Å². The summed E-state index contributed by atoms with van der Waals surface area (Å²) in [5, 5.41) is 14.0. The molecule has 34 heavy (non-hydrogen) atoms. The highest BCUT2D eigenvalue weighted by Crippen LogP contribution is 2.29. The molecule has 3 aromatic rings. The van der Waals surface area contributed by atoms with Gasteiger partial charge in [0, 0.05) is 39.2 Å². The summed E-state index contributed by atoms with van der Waals surface area (Å²) in [6.45, 7) is 0. The van der Waals surface area contributed by atoms with Crippen molar-refractivity contribution < 1.29 is 24.0 Å². The fourth-order valence-electron chi connectivity index (χ4n) is 3.00. The summed E-state index contributed by atoms with van der Waals surface area (Å²) >= 11 is 9.02. The lowest BCUT2D eigenvalue weighted by Crippen LogP contribution is -2.26. The predicted octanol–water partition coefficient (Wildman–Crippen LogP) is 5.90. The lowest BCUT2D eigenvalue weighted by Gasteiger charge is -2.18. The van der Waals surface area contributed by atoms with Crippen LogP contribution >= 0.6 is 27.5 Å². The zero-order valence-electron chi connectivity index (χ0n) is 17.6. The van der Waals surface area contributed by atoms with Crippen LogP contribution in [0.1, 0.15) is 34.9 Å². The van der Waals surface area contributed by atoms with Crippen molar-refractivity contribution in [3.63, 3.8) is 0 Å². The average Bonchev–Trinajstić information content (AvgIpc) is 2.83. The summed E-state index contributed by atoms with van der Waals surface area (Å²) < 4.78 is 5.72. The van der Waals surface area contributed by atoms with Crippen LogP contribution in [0, 0.1) is 10.1 Å². The Morgan fingerprint density at radius 2 is 1.68 bits per heavy atom. The number of carbonyl (C=O) groups is 3. The third-order valence-electron chi connectivity index (χ3n) is 4.73. The van der Waals surface area contributed by atoms with Crippen molar-refractivity contribution in [1.82, 2.24) is 0 Å². The van der Waals surface area contributed by atoms with E-state index in [4.69, 9.17) is 16.3 Å². The van der Waals surface area contributed by atoms with E-state index >= 15 is 0 Å². The van der Waals surface area contributed by atoms with Crippen molar-refractivity contribution >= 4 is 56.6 Å². The van der Waals surface area contributed by atoms with Gasteiger partial charge in [-0.1, -0.05) is 41.9 Å². The van der Waals surface area contributed by atoms with E-state index in [1.54, 1.807) is 54.6 Å². The van der Waals surface area contributed by atoms with Gasteiger partial charge < -0.3 is 10.1 Å². The first-order valence-electron chi connectivity index (χ1n) is 10.0. The van der Waals surface area contributed by atoms with Crippen LogP contribution in [-0.2, 0) is 14.3 Å². The van der Waals surface area contributed by atoms with Crippen molar-refractivity contribution in [2.45, 2.75) is 18.9 Å². The summed E-state index contributed by atoms with van der Waals surface area (Å²) in [5.41, 5.74) is 0.958. The minimum absolute atomic E-state index is 0.0997. The van der Waals surface area contributed by atoms with Crippen LogP contribution in [0.15, 0.2) is 77.3 Å². The average molecular weight is 546 g/mol. The Kier molecular flexibility index (Phi) is 8.50. The van der Waals surface area contributed by atoms with Gasteiger partial charge in [0.15, 0.2) is 5.78 Å². The molecule has 10 heteroatoms. The molecule has 0 aliphatic rings. The van der Waals surface area contributed by atoms with E-state index in [0.29, 0.717) is 20.6 Å². The zero-order chi connectivity index (χ0) is 24.7. The Hall–Kier alpha value is -3.56. The Bertz CT molecular complexity index is 1220. The molecule has 0 fully saturated rings. The van der Waals surface area contributed by atoms with Crippen LogP contribution in [-0.4, -0.2) is 22.6 Å².